The van der Waals surface area contributed by atoms with Crippen LogP contribution < -0.4 is 5.32 Å². The topological polar surface area (TPSA) is 41.6 Å². The van der Waals surface area contributed by atoms with Crippen molar-refractivity contribution < 1.29 is 9.53 Å². The van der Waals surface area contributed by atoms with E-state index in [1.807, 2.05) is 32.9 Å². The van der Waals surface area contributed by atoms with Gasteiger partial charge >= 0.3 is 6.09 Å². The molecule has 30 heavy (non-hydrogen) atoms. The number of carbonyl (C=O) groups excluding carboxylic acids is 1. The minimum absolute atomic E-state index is 0.209. The van der Waals surface area contributed by atoms with Gasteiger partial charge in [-0.25, -0.2) is 4.79 Å². The number of aryl methyl sites for hydroxylation is 2. The average Bonchev–Trinajstić information content (AvgIpc) is 2.61. The number of carbonyl (C=O) groups is 1. The van der Waals surface area contributed by atoms with E-state index in [2.05, 4.69) is 51.6 Å². The van der Waals surface area contributed by atoms with Gasteiger partial charge in [-0.1, -0.05) is 57.9 Å². The molecule has 0 spiro atoms. The zero-order chi connectivity index (χ0) is 21.7. The fourth-order valence-electron chi connectivity index (χ4n) is 3.49. The van der Waals surface area contributed by atoms with Crippen LogP contribution in [0.5, 0.6) is 0 Å². The first-order valence-electron chi connectivity index (χ1n) is 10.4. The Morgan fingerprint density at radius 1 is 1.17 bits per heavy atom. The van der Waals surface area contributed by atoms with E-state index >= 15 is 0 Å². The SMILES string of the molecule is CC(C)(C)OC(=O)N1CC(CNCc2cccc(CCc3ccc(Cl)cc3Br)c2)C1. The van der Waals surface area contributed by atoms with Crippen LogP contribution in [-0.2, 0) is 24.1 Å². The second-order valence-corrected chi connectivity index (χ2v) is 10.2. The van der Waals surface area contributed by atoms with Crippen molar-refractivity contribution in [3.63, 3.8) is 0 Å². The van der Waals surface area contributed by atoms with Crippen LogP contribution in [0.1, 0.15) is 37.5 Å². The molecule has 1 saturated heterocycles. The molecule has 0 aliphatic carbocycles. The van der Waals surface area contributed by atoms with Crippen LogP contribution >= 0.6 is 27.5 Å². The van der Waals surface area contributed by atoms with Crippen LogP contribution in [0, 0.1) is 5.92 Å². The van der Waals surface area contributed by atoms with Gasteiger partial charge in [-0.3, -0.25) is 0 Å². The second-order valence-electron chi connectivity index (χ2n) is 8.94. The number of nitrogens with one attached hydrogen (secondary N) is 1. The summed E-state index contributed by atoms with van der Waals surface area (Å²) in [6.07, 6.45) is 1.75. The Kier molecular flexibility index (Phi) is 7.83. The molecule has 0 saturated carbocycles. The van der Waals surface area contributed by atoms with Crippen molar-refractivity contribution in [2.45, 2.75) is 45.8 Å². The highest BCUT2D eigenvalue weighted by Gasteiger charge is 2.33. The van der Waals surface area contributed by atoms with Crippen molar-refractivity contribution in [1.29, 1.82) is 0 Å². The third-order valence-corrected chi connectivity index (χ3v) is 6.03. The van der Waals surface area contributed by atoms with E-state index in [9.17, 15) is 4.79 Å². The second kappa shape index (κ2) is 10.2. The largest absolute Gasteiger partial charge is 0.444 e. The minimum Gasteiger partial charge on any atom is -0.444 e. The molecule has 0 radical (unpaired) electrons. The van der Waals surface area contributed by atoms with Gasteiger partial charge in [0.1, 0.15) is 5.60 Å². The van der Waals surface area contributed by atoms with Gasteiger partial charge in [0.05, 0.1) is 0 Å². The molecule has 1 aliphatic heterocycles. The quantitative estimate of drug-likeness (QED) is 0.526. The molecule has 1 fully saturated rings. The van der Waals surface area contributed by atoms with Crippen LogP contribution in [-0.4, -0.2) is 36.2 Å². The lowest BCUT2D eigenvalue weighted by molar-refractivity contribution is -0.000800. The van der Waals surface area contributed by atoms with Crippen molar-refractivity contribution in [2.75, 3.05) is 19.6 Å². The summed E-state index contributed by atoms with van der Waals surface area (Å²) < 4.78 is 6.47. The van der Waals surface area contributed by atoms with Gasteiger partial charge in [-0.2, -0.15) is 0 Å². The van der Waals surface area contributed by atoms with Crippen LogP contribution in [0.25, 0.3) is 0 Å². The highest BCUT2D eigenvalue weighted by Crippen LogP contribution is 2.23. The lowest BCUT2D eigenvalue weighted by Crippen LogP contribution is -2.54. The van der Waals surface area contributed by atoms with Gasteiger partial charge < -0.3 is 15.0 Å². The third kappa shape index (κ3) is 7.00. The summed E-state index contributed by atoms with van der Waals surface area (Å²) in [5, 5.41) is 4.28. The summed E-state index contributed by atoms with van der Waals surface area (Å²) in [7, 11) is 0. The molecule has 0 atom stereocenters. The Bertz CT molecular complexity index is 876. The molecule has 2 aromatic carbocycles. The Hall–Kier alpha value is -1.56. The zero-order valence-electron chi connectivity index (χ0n) is 17.9. The van der Waals surface area contributed by atoms with Crippen LogP contribution in [0.3, 0.4) is 0 Å². The maximum Gasteiger partial charge on any atom is 0.410 e. The van der Waals surface area contributed by atoms with Crippen LogP contribution in [0.15, 0.2) is 46.9 Å². The summed E-state index contributed by atoms with van der Waals surface area (Å²) in [6, 6.07) is 14.7. The van der Waals surface area contributed by atoms with Crippen molar-refractivity contribution in [2.24, 2.45) is 5.92 Å². The molecular formula is C24H30BrClN2O2. The van der Waals surface area contributed by atoms with Crippen molar-refractivity contribution in [1.82, 2.24) is 10.2 Å². The number of hydrogen-bond donors (Lipinski definition) is 1. The van der Waals surface area contributed by atoms with Crippen LogP contribution in [0.4, 0.5) is 4.79 Å². The smallest absolute Gasteiger partial charge is 0.410 e. The number of hydrogen-bond acceptors (Lipinski definition) is 3. The van der Waals surface area contributed by atoms with E-state index in [4.69, 9.17) is 16.3 Å². The first kappa shape index (κ1) is 23.1. The number of halogens is 2. The molecule has 1 heterocycles. The van der Waals surface area contributed by atoms with Crippen molar-refractivity contribution in [3.05, 3.63) is 68.7 Å². The maximum absolute atomic E-state index is 12.0. The molecule has 3 rings (SSSR count). The highest BCUT2D eigenvalue weighted by molar-refractivity contribution is 9.10. The van der Waals surface area contributed by atoms with Gasteiger partial charge in [0.15, 0.2) is 0 Å². The fraction of sp³-hybridized carbons (Fsp3) is 0.458. The Labute approximate surface area is 193 Å². The average molecular weight is 494 g/mol. The molecule has 2 aromatic rings. The van der Waals surface area contributed by atoms with E-state index in [0.29, 0.717) is 5.92 Å². The normalized spacial score (nSPS) is 14.5. The molecule has 162 valence electrons. The number of benzene rings is 2. The van der Waals surface area contributed by atoms with Crippen LogP contribution in [0.2, 0.25) is 5.02 Å². The van der Waals surface area contributed by atoms with Gasteiger partial charge in [-0.05, 0) is 62.4 Å². The van der Waals surface area contributed by atoms with Crippen molar-refractivity contribution in [3.8, 4) is 0 Å². The Morgan fingerprint density at radius 2 is 1.90 bits per heavy atom. The molecule has 0 aromatic heterocycles. The molecule has 0 bridgehead atoms. The van der Waals surface area contributed by atoms with E-state index < -0.39 is 5.60 Å². The molecule has 4 nitrogen and oxygen atoms in total. The molecule has 1 N–H and O–H groups in total. The van der Waals surface area contributed by atoms with Gasteiger partial charge in [0.2, 0.25) is 0 Å². The maximum atomic E-state index is 12.0. The molecular weight excluding hydrogens is 464 g/mol. The monoisotopic (exact) mass is 492 g/mol. The summed E-state index contributed by atoms with van der Waals surface area (Å²) in [4.78, 5) is 13.8. The van der Waals surface area contributed by atoms with Gasteiger partial charge in [0.25, 0.3) is 0 Å². The number of ether oxygens (including phenoxy) is 1. The van der Waals surface area contributed by atoms with Gasteiger partial charge in [-0.15, -0.1) is 0 Å². The minimum atomic E-state index is -0.435. The summed E-state index contributed by atoms with van der Waals surface area (Å²) in [6.45, 7) is 8.95. The van der Waals surface area contributed by atoms with E-state index in [-0.39, 0.29) is 6.09 Å². The summed E-state index contributed by atoms with van der Waals surface area (Å²) in [5.74, 6) is 0.489. The number of likely N-dealkylation sites (tertiary alicyclic amines) is 1. The van der Waals surface area contributed by atoms with E-state index in [0.717, 1.165) is 48.5 Å². The highest BCUT2D eigenvalue weighted by atomic mass is 79.9. The number of nitrogens with zero attached hydrogens (tertiary/aromatic N) is 1. The summed E-state index contributed by atoms with van der Waals surface area (Å²) >= 11 is 9.62. The molecule has 1 aliphatic rings. The first-order valence-corrected chi connectivity index (χ1v) is 11.6. The predicted octanol–water partition coefficient (Wildman–Crippen LogP) is 5.84. The first-order chi connectivity index (χ1) is 14.2. The van der Waals surface area contributed by atoms with Crippen molar-refractivity contribution >= 4 is 33.6 Å². The Morgan fingerprint density at radius 3 is 2.60 bits per heavy atom. The zero-order valence-corrected chi connectivity index (χ0v) is 20.2. The van der Waals surface area contributed by atoms with E-state index in [1.54, 1.807) is 4.90 Å². The molecule has 6 heteroatoms. The van der Waals surface area contributed by atoms with E-state index in [1.165, 1.54) is 16.7 Å². The fourth-order valence-corrected chi connectivity index (χ4v) is 4.37. The summed E-state index contributed by atoms with van der Waals surface area (Å²) in [5.41, 5.74) is 3.44. The lowest BCUT2D eigenvalue weighted by Gasteiger charge is -2.39. The van der Waals surface area contributed by atoms with Gasteiger partial charge in [0, 0.05) is 41.6 Å². The standard InChI is InChI=1S/C24H30BrClN2O2/c1-24(2,3)30-23(29)28-15-19(16-28)14-27-13-18-6-4-5-17(11-18)7-8-20-9-10-21(26)12-22(20)25/h4-6,9-12,19,27H,7-8,13-16H2,1-3H3. The lowest BCUT2D eigenvalue weighted by atomic mass is 10.0. The predicted molar refractivity (Wildman–Crippen MR) is 126 cm³/mol. The number of rotatable bonds is 7. The number of amides is 1. The molecule has 0 unspecified atom stereocenters. The molecule has 1 amide bonds. The Balaban J connectivity index is 1.39. The third-order valence-electron chi connectivity index (χ3n) is 5.06.